The molecule has 0 saturated carbocycles. The molecule has 8 heteroatoms. The van der Waals surface area contributed by atoms with Crippen molar-refractivity contribution in [2.75, 3.05) is 0 Å². The van der Waals surface area contributed by atoms with E-state index < -0.39 is 35.3 Å². The van der Waals surface area contributed by atoms with E-state index in [-0.39, 0.29) is 16.7 Å². The first kappa shape index (κ1) is 20.2. The van der Waals surface area contributed by atoms with Crippen LogP contribution in [-0.2, 0) is 10.3 Å². The number of carboxylic acid groups (broad SMARTS) is 1. The highest BCUT2D eigenvalue weighted by Gasteiger charge is 2.53. The minimum atomic E-state index is -2.02. The van der Waals surface area contributed by atoms with Crippen LogP contribution in [0.15, 0.2) is 60.7 Å². The summed E-state index contributed by atoms with van der Waals surface area (Å²) in [6, 6.07) is 15.7. The minimum Gasteiger partial charge on any atom is -0.507 e. The van der Waals surface area contributed by atoms with Gasteiger partial charge in [0.1, 0.15) is 17.1 Å². The van der Waals surface area contributed by atoms with Crippen molar-refractivity contribution in [1.29, 1.82) is 0 Å². The summed E-state index contributed by atoms with van der Waals surface area (Å²) < 4.78 is 6.10. The van der Waals surface area contributed by atoms with Crippen molar-refractivity contribution in [2.24, 2.45) is 0 Å². The molecular weight excluding hydrogens is 440 g/mol. The Hall–Kier alpha value is -4.40. The predicted molar refractivity (Wildman–Crippen MR) is 119 cm³/mol. The van der Waals surface area contributed by atoms with Gasteiger partial charge in [-0.05, 0) is 46.8 Å². The van der Waals surface area contributed by atoms with E-state index in [1.54, 1.807) is 24.3 Å². The van der Waals surface area contributed by atoms with Crippen molar-refractivity contribution >= 4 is 22.7 Å². The lowest BCUT2D eigenvalue weighted by Gasteiger charge is -2.37. The standard InChI is InChI=1S/C26H16O8/c27-20-9-13-14-10-21(28)16(24(31)32)8-19(14)26(18(13)7-15(20)23(29)30)17-6-2-4-11-3-1-5-12(22(11)17)25(33)34-26/h1-10,23,27-30H,(H,31,32). The van der Waals surface area contributed by atoms with Gasteiger partial charge >= 0.3 is 11.9 Å². The molecule has 0 amide bonds. The molecule has 1 aliphatic carbocycles. The van der Waals surface area contributed by atoms with E-state index in [2.05, 4.69) is 0 Å². The molecule has 1 spiro atoms. The van der Waals surface area contributed by atoms with Crippen molar-refractivity contribution in [2.45, 2.75) is 11.9 Å². The van der Waals surface area contributed by atoms with Crippen molar-refractivity contribution in [1.82, 2.24) is 0 Å². The van der Waals surface area contributed by atoms with Gasteiger partial charge in [-0.3, -0.25) is 0 Å². The van der Waals surface area contributed by atoms with Gasteiger partial charge in [0.25, 0.3) is 0 Å². The normalized spacial score (nSPS) is 17.7. The van der Waals surface area contributed by atoms with Gasteiger partial charge in [-0.25, -0.2) is 9.59 Å². The number of rotatable bonds is 2. The molecule has 0 radical (unpaired) electrons. The van der Waals surface area contributed by atoms with E-state index in [9.17, 15) is 35.1 Å². The molecule has 4 aromatic rings. The van der Waals surface area contributed by atoms with Crippen LogP contribution in [0.5, 0.6) is 11.5 Å². The Labute approximate surface area is 191 Å². The molecule has 6 rings (SSSR count). The number of aromatic carboxylic acids is 1. The van der Waals surface area contributed by atoms with Crippen LogP contribution in [0.3, 0.4) is 0 Å². The number of aliphatic hydroxyl groups excluding tert-OH is 1. The molecule has 0 aromatic heterocycles. The van der Waals surface area contributed by atoms with Crippen molar-refractivity contribution in [3.05, 3.63) is 94.0 Å². The van der Waals surface area contributed by atoms with Crippen LogP contribution >= 0.6 is 0 Å². The molecule has 4 aromatic carbocycles. The molecule has 168 valence electrons. The number of phenolic OH excluding ortho intramolecular Hbond substituents is 1. The summed E-state index contributed by atoms with van der Waals surface area (Å²) in [5, 5.41) is 51.5. The number of aliphatic hydroxyl groups is 2. The second-order valence-corrected chi connectivity index (χ2v) is 8.33. The largest absolute Gasteiger partial charge is 0.507 e. The summed E-state index contributed by atoms with van der Waals surface area (Å²) in [7, 11) is 0. The number of benzene rings is 4. The van der Waals surface area contributed by atoms with Gasteiger partial charge in [0.05, 0.1) is 5.56 Å². The molecule has 1 heterocycles. The van der Waals surface area contributed by atoms with Gasteiger partial charge in [0.15, 0.2) is 11.9 Å². The Morgan fingerprint density at radius 3 is 2.15 bits per heavy atom. The van der Waals surface area contributed by atoms with Crippen LogP contribution in [0.2, 0.25) is 0 Å². The molecule has 1 atom stereocenters. The second kappa shape index (κ2) is 6.57. The fraction of sp³-hybridized carbons (Fsp3) is 0.0769. The topological polar surface area (TPSA) is 145 Å². The summed E-state index contributed by atoms with van der Waals surface area (Å²) >= 11 is 0. The smallest absolute Gasteiger partial charge is 0.340 e. The van der Waals surface area contributed by atoms with Crippen LogP contribution in [0, 0.1) is 0 Å². The van der Waals surface area contributed by atoms with E-state index in [4.69, 9.17) is 4.74 Å². The number of carbonyl (C=O) groups is 2. The first-order chi connectivity index (χ1) is 16.2. The highest BCUT2D eigenvalue weighted by Crippen LogP contribution is 2.58. The number of carboxylic acids is 1. The number of hydrogen-bond acceptors (Lipinski definition) is 7. The Balaban J connectivity index is 1.83. The highest BCUT2D eigenvalue weighted by molar-refractivity contribution is 6.10. The summed E-state index contributed by atoms with van der Waals surface area (Å²) in [5.74, 6) is -2.94. The zero-order chi connectivity index (χ0) is 23.9. The predicted octanol–water partition coefficient (Wildman–Crippen LogP) is 3.38. The molecule has 34 heavy (non-hydrogen) atoms. The van der Waals surface area contributed by atoms with Gasteiger partial charge in [-0.2, -0.15) is 0 Å². The molecule has 0 saturated heterocycles. The quantitative estimate of drug-likeness (QED) is 0.228. The first-order valence-electron chi connectivity index (χ1n) is 10.3. The number of fused-ring (bicyclic) bond motifs is 6. The molecule has 1 aliphatic heterocycles. The van der Waals surface area contributed by atoms with Crippen LogP contribution < -0.4 is 0 Å². The third-order valence-electron chi connectivity index (χ3n) is 6.61. The molecule has 5 N–H and O–H groups in total. The highest BCUT2D eigenvalue weighted by atomic mass is 16.6. The van der Waals surface area contributed by atoms with E-state index >= 15 is 0 Å². The molecule has 2 aliphatic rings. The fourth-order valence-electron chi connectivity index (χ4n) is 5.20. The summed E-state index contributed by atoms with van der Waals surface area (Å²) in [6.45, 7) is 0. The Morgan fingerprint density at radius 2 is 1.47 bits per heavy atom. The van der Waals surface area contributed by atoms with Crippen molar-refractivity contribution in [3.63, 3.8) is 0 Å². The first-order valence-corrected chi connectivity index (χ1v) is 10.3. The average molecular weight is 456 g/mol. The monoisotopic (exact) mass is 456 g/mol. The number of phenols is 2. The lowest BCUT2D eigenvalue weighted by atomic mass is 9.78. The SMILES string of the molecule is O=C(O)c1cc2c(cc1O)-c1cc(O)c(C(O)O)cc1C21OC(=O)c2cccc3cccc1c23. The van der Waals surface area contributed by atoms with E-state index in [1.807, 2.05) is 12.1 Å². The number of ether oxygens (including phenoxy) is 1. The summed E-state index contributed by atoms with van der Waals surface area (Å²) in [4.78, 5) is 25.1. The zero-order valence-corrected chi connectivity index (χ0v) is 17.3. The molecule has 1 unspecified atom stereocenters. The Kier molecular flexibility index (Phi) is 3.91. The van der Waals surface area contributed by atoms with Crippen LogP contribution in [0.1, 0.15) is 49.3 Å². The maximum atomic E-state index is 13.3. The Bertz CT molecular complexity index is 1580. The lowest BCUT2D eigenvalue weighted by Crippen LogP contribution is -2.37. The van der Waals surface area contributed by atoms with Gasteiger partial charge in [-0.1, -0.05) is 30.3 Å². The molecule has 0 fully saturated rings. The Morgan fingerprint density at radius 1 is 0.824 bits per heavy atom. The van der Waals surface area contributed by atoms with Crippen LogP contribution in [-0.4, -0.2) is 37.5 Å². The molecule has 0 bridgehead atoms. The summed E-state index contributed by atoms with van der Waals surface area (Å²) in [5.41, 5.74) is -0.0824. The second-order valence-electron chi connectivity index (χ2n) is 8.33. The van der Waals surface area contributed by atoms with E-state index in [0.29, 0.717) is 33.2 Å². The molecular formula is C26H16O8. The van der Waals surface area contributed by atoms with Crippen LogP contribution in [0.4, 0.5) is 0 Å². The van der Waals surface area contributed by atoms with Crippen molar-refractivity contribution < 1.29 is 39.9 Å². The van der Waals surface area contributed by atoms with Gasteiger partial charge < -0.3 is 30.3 Å². The zero-order valence-electron chi connectivity index (χ0n) is 17.3. The maximum absolute atomic E-state index is 13.3. The van der Waals surface area contributed by atoms with E-state index in [0.717, 1.165) is 5.39 Å². The van der Waals surface area contributed by atoms with Gasteiger partial charge in [0.2, 0.25) is 0 Å². The summed E-state index contributed by atoms with van der Waals surface area (Å²) in [6.07, 6.45) is -2.02. The number of hydrogen-bond donors (Lipinski definition) is 5. The van der Waals surface area contributed by atoms with Gasteiger partial charge in [-0.15, -0.1) is 0 Å². The third-order valence-corrected chi connectivity index (χ3v) is 6.61. The number of aromatic hydroxyl groups is 2. The average Bonchev–Trinajstić information content (AvgIpc) is 3.04. The van der Waals surface area contributed by atoms with Crippen molar-refractivity contribution in [3.8, 4) is 22.6 Å². The minimum absolute atomic E-state index is 0.212. The van der Waals surface area contributed by atoms with Crippen LogP contribution in [0.25, 0.3) is 21.9 Å². The van der Waals surface area contributed by atoms with Gasteiger partial charge in [0, 0.05) is 27.6 Å². The number of esters is 1. The number of carbonyl (C=O) groups excluding carboxylic acids is 1. The van der Waals surface area contributed by atoms with E-state index in [1.165, 1.54) is 24.3 Å². The lowest BCUT2D eigenvalue weighted by molar-refractivity contribution is -0.0440. The maximum Gasteiger partial charge on any atom is 0.340 e. The third kappa shape index (κ3) is 2.38. The molecule has 8 nitrogen and oxygen atoms in total. The fourth-order valence-corrected chi connectivity index (χ4v) is 5.20.